The zero-order chi connectivity index (χ0) is 25.5. The summed E-state index contributed by atoms with van der Waals surface area (Å²) in [4.78, 5) is 12.5. The second kappa shape index (κ2) is 11.9. The third-order valence-electron chi connectivity index (χ3n) is 6.62. The summed E-state index contributed by atoms with van der Waals surface area (Å²) in [5, 5.41) is 0. The van der Waals surface area contributed by atoms with Crippen molar-refractivity contribution in [1.29, 1.82) is 0 Å². The number of carbonyl (C=O) groups is 1. The Morgan fingerprint density at radius 3 is 2.06 bits per heavy atom. The molecule has 4 rings (SSSR count). The average molecular weight is 495 g/mol. The van der Waals surface area contributed by atoms with Gasteiger partial charge in [0.15, 0.2) is 11.5 Å². The highest BCUT2D eigenvalue weighted by Gasteiger charge is 2.21. The van der Waals surface area contributed by atoms with Gasteiger partial charge >= 0.3 is 5.97 Å². The van der Waals surface area contributed by atoms with Crippen molar-refractivity contribution in [1.82, 2.24) is 0 Å². The largest absolute Gasteiger partial charge is 0.491 e. The molecular formula is C30H29F3O3. The van der Waals surface area contributed by atoms with E-state index in [2.05, 4.69) is 24.3 Å². The van der Waals surface area contributed by atoms with E-state index in [1.807, 2.05) is 6.08 Å². The maximum Gasteiger partial charge on any atom is 0.343 e. The molecule has 1 aliphatic rings. The number of rotatable bonds is 8. The number of allylic oxidation sites excluding steroid dienone is 2. The number of ether oxygens (including phenoxy) is 2. The number of halogens is 3. The zero-order valence-corrected chi connectivity index (χ0v) is 20.2. The lowest BCUT2D eigenvalue weighted by atomic mass is 9.78. The molecule has 6 heteroatoms. The number of esters is 1. The SMILES string of the molecule is CCOc1ccc(OC(=O)c2ccc(-c3ccc(C4CCC(/C=C/CF)CC4)cc3)cc2)c(F)c1F. The summed E-state index contributed by atoms with van der Waals surface area (Å²) in [6.07, 6.45) is 7.96. The quantitative estimate of drug-likeness (QED) is 0.181. The van der Waals surface area contributed by atoms with Gasteiger partial charge in [-0.2, -0.15) is 8.78 Å². The Bertz CT molecular complexity index is 1200. The van der Waals surface area contributed by atoms with E-state index >= 15 is 0 Å². The summed E-state index contributed by atoms with van der Waals surface area (Å²) in [6.45, 7) is 1.45. The van der Waals surface area contributed by atoms with Crippen molar-refractivity contribution in [2.75, 3.05) is 13.3 Å². The highest BCUT2D eigenvalue weighted by molar-refractivity contribution is 5.91. The van der Waals surface area contributed by atoms with Crippen LogP contribution in [-0.2, 0) is 0 Å². The fourth-order valence-corrected chi connectivity index (χ4v) is 4.65. The Labute approximate surface area is 209 Å². The van der Waals surface area contributed by atoms with E-state index in [4.69, 9.17) is 9.47 Å². The molecule has 0 heterocycles. The number of benzene rings is 3. The number of alkyl halides is 1. The first kappa shape index (κ1) is 25.5. The van der Waals surface area contributed by atoms with Gasteiger partial charge in [-0.05, 0) is 85.4 Å². The zero-order valence-electron chi connectivity index (χ0n) is 20.2. The van der Waals surface area contributed by atoms with E-state index < -0.39 is 30.0 Å². The van der Waals surface area contributed by atoms with Crippen LogP contribution in [0.5, 0.6) is 11.5 Å². The summed E-state index contributed by atoms with van der Waals surface area (Å²) < 4.78 is 50.7. The molecule has 188 valence electrons. The Morgan fingerprint density at radius 1 is 0.861 bits per heavy atom. The maximum absolute atomic E-state index is 14.2. The van der Waals surface area contributed by atoms with Gasteiger partial charge in [0.2, 0.25) is 11.6 Å². The molecule has 3 nitrogen and oxygen atoms in total. The second-order valence-electron chi connectivity index (χ2n) is 8.91. The van der Waals surface area contributed by atoms with Crippen molar-refractivity contribution in [3.8, 4) is 22.6 Å². The van der Waals surface area contributed by atoms with Crippen molar-refractivity contribution in [2.45, 2.75) is 38.5 Å². The third-order valence-corrected chi connectivity index (χ3v) is 6.62. The molecule has 0 aromatic heterocycles. The lowest BCUT2D eigenvalue weighted by Gasteiger charge is -2.27. The molecular weight excluding hydrogens is 465 g/mol. The van der Waals surface area contributed by atoms with Gasteiger partial charge in [-0.3, -0.25) is 0 Å². The smallest absolute Gasteiger partial charge is 0.343 e. The van der Waals surface area contributed by atoms with Gasteiger partial charge in [0, 0.05) is 0 Å². The van der Waals surface area contributed by atoms with E-state index in [0.717, 1.165) is 36.8 Å². The van der Waals surface area contributed by atoms with Crippen LogP contribution < -0.4 is 9.47 Å². The van der Waals surface area contributed by atoms with Gasteiger partial charge < -0.3 is 9.47 Å². The Hall–Kier alpha value is -3.54. The first-order chi connectivity index (χ1) is 17.5. The van der Waals surface area contributed by atoms with Gasteiger partial charge in [0.25, 0.3) is 0 Å². The lowest BCUT2D eigenvalue weighted by molar-refractivity contribution is 0.0726. The molecule has 0 unspecified atom stereocenters. The number of hydrogen-bond acceptors (Lipinski definition) is 3. The van der Waals surface area contributed by atoms with Crippen LogP contribution in [0.2, 0.25) is 0 Å². The molecule has 1 fully saturated rings. The standard InChI is InChI=1S/C30H29F3O3/c1-2-35-26-17-18-27(29(33)28(26)32)36-30(34)25-15-13-24(14-16-25)23-11-9-22(10-12-23)21-7-5-20(6-8-21)4-3-19-31/h3-4,9-18,20-21H,2,5-8,19H2,1H3/b4-3+. The minimum atomic E-state index is -1.27. The summed E-state index contributed by atoms with van der Waals surface area (Å²) in [5.74, 6) is -2.98. The average Bonchev–Trinajstić information content (AvgIpc) is 2.92. The molecule has 0 saturated heterocycles. The van der Waals surface area contributed by atoms with Gasteiger partial charge in [-0.1, -0.05) is 48.6 Å². The fraction of sp³-hybridized carbons (Fsp3) is 0.300. The van der Waals surface area contributed by atoms with Crippen molar-refractivity contribution < 1.29 is 27.4 Å². The van der Waals surface area contributed by atoms with Crippen LogP contribution in [0.15, 0.2) is 72.8 Å². The lowest BCUT2D eigenvalue weighted by Crippen LogP contribution is -2.11. The number of hydrogen-bond donors (Lipinski definition) is 0. The molecule has 36 heavy (non-hydrogen) atoms. The van der Waals surface area contributed by atoms with Crippen LogP contribution in [0.3, 0.4) is 0 Å². The van der Waals surface area contributed by atoms with Gasteiger partial charge in [0.05, 0.1) is 12.2 Å². The van der Waals surface area contributed by atoms with Crippen molar-refractivity contribution in [3.05, 3.63) is 95.6 Å². The van der Waals surface area contributed by atoms with Crippen LogP contribution in [0.25, 0.3) is 11.1 Å². The Morgan fingerprint density at radius 2 is 1.44 bits per heavy atom. The van der Waals surface area contributed by atoms with E-state index in [1.54, 1.807) is 37.3 Å². The fourth-order valence-electron chi connectivity index (χ4n) is 4.65. The van der Waals surface area contributed by atoms with Gasteiger partial charge in [0.1, 0.15) is 6.67 Å². The molecule has 0 amide bonds. The van der Waals surface area contributed by atoms with Crippen LogP contribution in [0.4, 0.5) is 13.2 Å². The summed E-state index contributed by atoms with van der Waals surface area (Å²) in [7, 11) is 0. The molecule has 1 saturated carbocycles. The topological polar surface area (TPSA) is 35.5 Å². The van der Waals surface area contributed by atoms with Crippen molar-refractivity contribution in [2.24, 2.45) is 5.92 Å². The van der Waals surface area contributed by atoms with Crippen LogP contribution in [-0.4, -0.2) is 19.3 Å². The van der Waals surface area contributed by atoms with Gasteiger partial charge in [-0.25, -0.2) is 9.18 Å². The van der Waals surface area contributed by atoms with Crippen LogP contribution >= 0.6 is 0 Å². The van der Waals surface area contributed by atoms with Gasteiger partial charge in [-0.15, -0.1) is 0 Å². The normalized spacial score (nSPS) is 17.8. The minimum absolute atomic E-state index is 0.187. The third kappa shape index (κ3) is 5.99. The predicted molar refractivity (Wildman–Crippen MR) is 134 cm³/mol. The molecule has 0 N–H and O–H groups in total. The summed E-state index contributed by atoms with van der Waals surface area (Å²) >= 11 is 0. The molecule has 0 atom stereocenters. The predicted octanol–water partition coefficient (Wildman–Crippen LogP) is 8.05. The van der Waals surface area contributed by atoms with E-state index in [9.17, 15) is 18.0 Å². The van der Waals surface area contributed by atoms with Crippen molar-refractivity contribution in [3.63, 3.8) is 0 Å². The highest BCUT2D eigenvalue weighted by Crippen LogP contribution is 2.37. The minimum Gasteiger partial charge on any atom is -0.491 e. The maximum atomic E-state index is 14.2. The summed E-state index contributed by atoms with van der Waals surface area (Å²) in [6, 6.07) is 17.6. The molecule has 3 aromatic carbocycles. The first-order valence-corrected chi connectivity index (χ1v) is 12.3. The Balaban J connectivity index is 1.38. The molecule has 0 spiro atoms. The van der Waals surface area contributed by atoms with Crippen molar-refractivity contribution >= 4 is 5.97 Å². The van der Waals surface area contributed by atoms with Crippen LogP contribution in [0, 0.1) is 17.6 Å². The highest BCUT2D eigenvalue weighted by atomic mass is 19.2. The first-order valence-electron chi connectivity index (χ1n) is 12.3. The number of carbonyl (C=O) groups excluding carboxylic acids is 1. The van der Waals surface area contributed by atoms with Crippen LogP contribution in [0.1, 0.15) is 54.4 Å². The molecule has 0 bridgehead atoms. The van der Waals surface area contributed by atoms with E-state index in [0.29, 0.717) is 11.8 Å². The molecule has 1 aliphatic carbocycles. The molecule has 0 aliphatic heterocycles. The molecule has 3 aromatic rings. The summed E-state index contributed by atoms with van der Waals surface area (Å²) in [5.41, 5.74) is 3.47. The molecule has 0 radical (unpaired) electrons. The Kier molecular flexibility index (Phi) is 8.47. The van der Waals surface area contributed by atoms with E-state index in [-0.39, 0.29) is 17.9 Å². The monoisotopic (exact) mass is 494 g/mol. The van der Waals surface area contributed by atoms with E-state index in [1.165, 1.54) is 17.7 Å². The second-order valence-corrected chi connectivity index (χ2v) is 8.91.